The fourth-order valence-corrected chi connectivity index (χ4v) is 2.98. The van der Waals surface area contributed by atoms with Gasteiger partial charge in [-0.3, -0.25) is 4.79 Å². The smallest absolute Gasteiger partial charge is 0.228 e. The van der Waals surface area contributed by atoms with E-state index in [-0.39, 0.29) is 17.9 Å². The summed E-state index contributed by atoms with van der Waals surface area (Å²) in [5.41, 5.74) is 4.77. The van der Waals surface area contributed by atoms with Crippen molar-refractivity contribution in [3.05, 3.63) is 70.8 Å². The van der Waals surface area contributed by atoms with Crippen molar-refractivity contribution in [1.82, 2.24) is 5.32 Å². The first kappa shape index (κ1) is 12.9. The summed E-state index contributed by atoms with van der Waals surface area (Å²) in [4.78, 5) is 12.3. The lowest BCUT2D eigenvalue weighted by Gasteiger charge is -2.32. The van der Waals surface area contributed by atoms with Gasteiger partial charge in [0.1, 0.15) is 0 Å². The Kier molecular flexibility index (Phi) is 3.31. The molecule has 20 heavy (non-hydrogen) atoms. The quantitative estimate of drug-likeness (QED) is 0.881. The molecule has 0 radical (unpaired) electrons. The van der Waals surface area contributed by atoms with Crippen LogP contribution in [0.25, 0.3) is 0 Å². The van der Waals surface area contributed by atoms with Crippen LogP contribution in [-0.4, -0.2) is 5.91 Å². The topological polar surface area (TPSA) is 29.1 Å². The fraction of sp³-hybridized carbons (Fsp3) is 0.278. The summed E-state index contributed by atoms with van der Waals surface area (Å²) in [6.45, 7) is 4.14. The molecule has 0 bridgehead atoms. The Morgan fingerprint density at radius 3 is 2.30 bits per heavy atom. The van der Waals surface area contributed by atoms with Crippen molar-refractivity contribution in [2.45, 2.75) is 32.2 Å². The zero-order valence-corrected chi connectivity index (χ0v) is 11.9. The molecule has 2 atom stereocenters. The van der Waals surface area contributed by atoms with E-state index in [1.807, 2.05) is 12.1 Å². The number of fused-ring (bicyclic) bond motifs is 1. The molecular formula is C18H19NO. The van der Waals surface area contributed by atoms with Gasteiger partial charge in [0.25, 0.3) is 0 Å². The van der Waals surface area contributed by atoms with Gasteiger partial charge in [-0.05, 0) is 30.0 Å². The van der Waals surface area contributed by atoms with E-state index in [9.17, 15) is 4.79 Å². The molecule has 1 amide bonds. The molecule has 1 heterocycles. The van der Waals surface area contributed by atoms with Crippen LogP contribution in [0, 0.1) is 6.92 Å². The summed E-state index contributed by atoms with van der Waals surface area (Å²) in [5.74, 6) is 0.115. The van der Waals surface area contributed by atoms with Gasteiger partial charge in [0.15, 0.2) is 0 Å². The Balaban J connectivity index is 2.09. The highest BCUT2D eigenvalue weighted by molar-refractivity contribution is 5.87. The van der Waals surface area contributed by atoms with Crippen LogP contribution in [0.3, 0.4) is 0 Å². The maximum atomic E-state index is 12.3. The molecule has 0 fully saturated rings. The molecule has 2 aromatic rings. The van der Waals surface area contributed by atoms with E-state index in [0.717, 1.165) is 12.0 Å². The van der Waals surface area contributed by atoms with Crippen LogP contribution < -0.4 is 5.32 Å². The van der Waals surface area contributed by atoms with Crippen LogP contribution in [0.5, 0.6) is 0 Å². The van der Waals surface area contributed by atoms with Gasteiger partial charge in [-0.25, -0.2) is 0 Å². The number of amides is 1. The second-order valence-electron chi connectivity index (χ2n) is 5.44. The van der Waals surface area contributed by atoms with Crippen molar-refractivity contribution >= 4 is 5.91 Å². The molecular weight excluding hydrogens is 246 g/mol. The highest BCUT2D eigenvalue weighted by atomic mass is 16.2. The lowest BCUT2D eigenvalue weighted by molar-refractivity contribution is -0.123. The molecule has 3 rings (SSSR count). The number of hydrogen-bond acceptors (Lipinski definition) is 1. The van der Waals surface area contributed by atoms with Crippen molar-refractivity contribution in [2.24, 2.45) is 0 Å². The number of hydrogen-bond donors (Lipinski definition) is 1. The highest BCUT2D eigenvalue weighted by Crippen LogP contribution is 2.35. The summed E-state index contributed by atoms with van der Waals surface area (Å²) < 4.78 is 0. The molecule has 2 heteroatoms. The third-order valence-electron chi connectivity index (χ3n) is 4.10. The molecule has 102 valence electrons. The highest BCUT2D eigenvalue weighted by Gasteiger charge is 2.32. The van der Waals surface area contributed by atoms with Crippen LogP contribution in [0.4, 0.5) is 0 Å². The van der Waals surface area contributed by atoms with Gasteiger partial charge in [0.05, 0.1) is 12.0 Å². The van der Waals surface area contributed by atoms with Crippen molar-refractivity contribution in [3.63, 3.8) is 0 Å². The summed E-state index contributed by atoms with van der Waals surface area (Å²) in [7, 11) is 0. The Morgan fingerprint density at radius 2 is 1.65 bits per heavy atom. The summed E-state index contributed by atoms with van der Waals surface area (Å²) in [6, 6.07) is 16.6. The zero-order valence-electron chi connectivity index (χ0n) is 11.9. The van der Waals surface area contributed by atoms with Gasteiger partial charge >= 0.3 is 0 Å². The summed E-state index contributed by atoms with van der Waals surface area (Å²) >= 11 is 0. The minimum atomic E-state index is -0.0258. The molecule has 0 saturated heterocycles. The summed E-state index contributed by atoms with van der Waals surface area (Å²) in [5, 5.41) is 3.17. The van der Waals surface area contributed by atoms with Crippen LogP contribution in [0.1, 0.15) is 47.6 Å². The normalized spacial score (nSPS) is 21.2. The Labute approximate surface area is 119 Å². The van der Waals surface area contributed by atoms with E-state index >= 15 is 0 Å². The van der Waals surface area contributed by atoms with Gasteiger partial charge in [-0.2, -0.15) is 0 Å². The predicted octanol–water partition coefficient (Wildman–Crippen LogP) is 3.71. The standard InChI is InChI=1S/C18H19NO/c1-3-14-15-6-4-5-7-16(15)17(19-18(14)20)13-10-8-12(2)9-11-13/h4-11,14,17H,3H2,1-2H3,(H,19,20). The molecule has 0 spiro atoms. The molecule has 0 saturated carbocycles. The average molecular weight is 265 g/mol. The van der Waals surface area contributed by atoms with Crippen LogP contribution >= 0.6 is 0 Å². The van der Waals surface area contributed by atoms with E-state index in [1.165, 1.54) is 16.7 Å². The van der Waals surface area contributed by atoms with Gasteiger partial charge < -0.3 is 5.32 Å². The Hall–Kier alpha value is -2.09. The van der Waals surface area contributed by atoms with Gasteiger partial charge in [-0.15, -0.1) is 0 Å². The van der Waals surface area contributed by atoms with Crippen LogP contribution in [0.15, 0.2) is 48.5 Å². The number of benzene rings is 2. The van der Waals surface area contributed by atoms with Crippen molar-refractivity contribution < 1.29 is 4.79 Å². The maximum Gasteiger partial charge on any atom is 0.228 e. The van der Waals surface area contributed by atoms with E-state index in [2.05, 4.69) is 55.6 Å². The van der Waals surface area contributed by atoms with Gasteiger partial charge in [0.2, 0.25) is 5.91 Å². The number of carbonyl (C=O) groups is 1. The Morgan fingerprint density at radius 1 is 1.00 bits per heavy atom. The molecule has 1 aliphatic heterocycles. The second kappa shape index (κ2) is 5.12. The van der Waals surface area contributed by atoms with Gasteiger partial charge in [-0.1, -0.05) is 61.0 Å². The molecule has 2 nitrogen and oxygen atoms in total. The molecule has 2 aromatic carbocycles. The molecule has 2 unspecified atom stereocenters. The van der Waals surface area contributed by atoms with Crippen molar-refractivity contribution in [1.29, 1.82) is 0 Å². The number of rotatable bonds is 2. The van der Waals surface area contributed by atoms with Crippen molar-refractivity contribution in [3.8, 4) is 0 Å². The second-order valence-corrected chi connectivity index (χ2v) is 5.44. The molecule has 0 aromatic heterocycles. The van der Waals surface area contributed by atoms with E-state index in [4.69, 9.17) is 0 Å². The molecule has 0 aliphatic carbocycles. The van der Waals surface area contributed by atoms with Crippen LogP contribution in [-0.2, 0) is 4.79 Å². The minimum absolute atomic E-state index is 0.0205. The minimum Gasteiger partial charge on any atom is -0.345 e. The largest absolute Gasteiger partial charge is 0.345 e. The lowest BCUT2D eigenvalue weighted by atomic mass is 9.82. The monoisotopic (exact) mass is 265 g/mol. The number of nitrogens with one attached hydrogen (secondary N) is 1. The van der Waals surface area contributed by atoms with Crippen molar-refractivity contribution in [2.75, 3.05) is 0 Å². The SMILES string of the molecule is CCC1C(=O)NC(c2ccc(C)cc2)c2ccccc21. The first-order valence-corrected chi connectivity index (χ1v) is 7.16. The van der Waals surface area contributed by atoms with Crippen LogP contribution in [0.2, 0.25) is 0 Å². The maximum absolute atomic E-state index is 12.3. The third kappa shape index (κ3) is 2.11. The third-order valence-corrected chi connectivity index (χ3v) is 4.10. The fourth-order valence-electron chi connectivity index (χ4n) is 2.98. The van der Waals surface area contributed by atoms with E-state index in [0.29, 0.717) is 0 Å². The van der Waals surface area contributed by atoms with Gasteiger partial charge in [0, 0.05) is 0 Å². The lowest BCUT2D eigenvalue weighted by Crippen LogP contribution is -2.38. The molecule has 1 N–H and O–H groups in total. The van der Waals surface area contributed by atoms with E-state index in [1.54, 1.807) is 0 Å². The Bertz CT molecular complexity index is 630. The predicted molar refractivity (Wildman–Crippen MR) is 80.6 cm³/mol. The zero-order chi connectivity index (χ0) is 14.1. The molecule has 1 aliphatic rings. The summed E-state index contributed by atoms with van der Waals surface area (Å²) in [6.07, 6.45) is 0.837. The number of carbonyl (C=O) groups excluding carboxylic acids is 1. The first-order valence-electron chi connectivity index (χ1n) is 7.16. The van der Waals surface area contributed by atoms with E-state index < -0.39 is 0 Å². The first-order chi connectivity index (χ1) is 9.70. The number of aryl methyl sites for hydroxylation is 1. The average Bonchev–Trinajstić information content (AvgIpc) is 2.47.